The fourth-order valence-corrected chi connectivity index (χ4v) is 2.83. The summed E-state index contributed by atoms with van der Waals surface area (Å²) < 4.78 is 31.3. The summed E-state index contributed by atoms with van der Waals surface area (Å²) in [4.78, 5) is 11.9. The van der Waals surface area contributed by atoms with Crippen LogP contribution >= 0.6 is 0 Å². The van der Waals surface area contributed by atoms with Crippen LogP contribution in [0.25, 0.3) is 22.4 Å². The van der Waals surface area contributed by atoms with Crippen molar-refractivity contribution in [3.8, 4) is 0 Å². The van der Waals surface area contributed by atoms with Crippen LogP contribution in [0.1, 0.15) is 18.1 Å². The summed E-state index contributed by atoms with van der Waals surface area (Å²) in [5.74, 6) is -0.499. The molecule has 114 valence electrons. The minimum atomic E-state index is -4.96. The highest BCUT2D eigenvalue weighted by Gasteiger charge is 2.28. The van der Waals surface area contributed by atoms with E-state index >= 15 is 0 Å². The molecule has 0 heterocycles. The number of hydrogen-bond donors (Lipinski definition) is 2. The van der Waals surface area contributed by atoms with Gasteiger partial charge in [0, 0.05) is 0 Å². The van der Waals surface area contributed by atoms with Crippen LogP contribution < -0.4 is 0 Å². The van der Waals surface area contributed by atoms with E-state index < -0.39 is 26.6 Å². The number of aliphatic hydroxyl groups excluding tert-OH is 1. The Bertz CT molecular complexity index is 903. The van der Waals surface area contributed by atoms with E-state index in [0.29, 0.717) is 5.56 Å². The number of rotatable bonds is 3. The van der Waals surface area contributed by atoms with E-state index in [-0.39, 0.29) is 5.56 Å². The summed E-state index contributed by atoms with van der Waals surface area (Å²) in [6.07, 6.45) is 1.47. The Morgan fingerprint density at radius 1 is 1.18 bits per heavy atom. The van der Waals surface area contributed by atoms with Gasteiger partial charge in [-0.2, -0.15) is 8.42 Å². The number of carbonyl (C=O) groups excluding carboxylic acids is 1. The van der Waals surface area contributed by atoms with E-state index in [2.05, 4.69) is 6.58 Å². The molecule has 0 atom stereocenters. The maximum absolute atomic E-state index is 11.9. The molecule has 0 spiro atoms. The molecule has 0 aliphatic heterocycles. The van der Waals surface area contributed by atoms with E-state index in [1.165, 1.54) is 19.1 Å². The maximum Gasteiger partial charge on any atom is 0.333 e. The van der Waals surface area contributed by atoms with Crippen molar-refractivity contribution >= 4 is 37.7 Å². The Kier molecular flexibility index (Phi) is 4.16. The van der Waals surface area contributed by atoms with Gasteiger partial charge in [0.2, 0.25) is 0 Å². The standard InChI is InChI=1S/C16H14O5S/c1-3-12-13-7-5-4-6-11(13)8-9-14(12)15(10(2)17)16(18)22(19,20)21/h3-9,17H,1H2,2H3,(H,19,20,21)/b15-10+. The van der Waals surface area contributed by atoms with Gasteiger partial charge in [0.1, 0.15) is 5.76 Å². The summed E-state index contributed by atoms with van der Waals surface area (Å²) >= 11 is 0. The van der Waals surface area contributed by atoms with Gasteiger partial charge in [-0.25, -0.2) is 0 Å². The molecule has 0 aliphatic carbocycles. The van der Waals surface area contributed by atoms with Gasteiger partial charge in [-0.05, 0) is 28.8 Å². The molecule has 0 saturated carbocycles. The molecule has 0 aromatic heterocycles. The molecule has 0 bridgehead atoms. The number of aliphatic hydroxyl groups is 1. The largest absolute Gasteiger partial charge is 0.512 e. The molecule has 5 nitrogen and oxygen atoms in total. The van der Waals surface area contributed by atoms with Crippen molar-refractivity contribution < 1.29 is 22.9 Å². The number of fused-ring (bicyclic) bond motifs is 1. The summed E-state index contributed by atoms with van der Waals surface area (Å²) in [5.41, 5.74) is 0.220. The minimum absolute atomic E-state index is 0.191. The minimum Gasteiger partial charge on any atom is -0.512 e. The predicted octanol–water partition coefficient (Wildman–Crippen LogP) is 3.19. The lowest BCUT2D eigenvalue weighted by Crippen LogP contribution is -2.17. The van der Waals surface area contributed by atoms with Gasteiger partial charge in [-0.1, -0.05) is 49.1 Å². The molecule has 0 unspecified atom stereocenters. The molecular weight excluding hydrogens is 304 g/mol. The Balaban J connectivity index is 2.85. The van der Waals surface area contributed by atoms with Crippen LogP contribution in [0.15, 0.2) is 48.7 Å². The second-order valence-electron chi connectivity index (χ2n) is 4.67. The monoisotopic (exact) mass is 318 g/mol. The van der Waals surface area contributed by atoms with Crippen LogP contribution in [-0.4, -0.2) is 23.2 Å². The third kappa shape index (κ3) is 2.79. The van der Waals surface area contributed by atoms with Crippen LogP contribution in [0.5, 0.6) is 0 Å². The zero-order chi connectivity index (χ0) is 16.5. The van der Waals surface area contributed by atoms with Crippen molar-refractivity contribution in [2.75, 3.05) is 0 Å². The van der Waals surface area contributed by atoms with Gasteiger partial charge in [-0.15, -0.1) is 0 Å². The number of allylic oxidation sites excluding steroid dienone is 1. The summed E-state index contributed by atoms with van der Waals surface area (Å²) in [5, 5.41) is 9.81. The fraction of sp³-hybridized carbons (Fsp3) is 0.0625. The molecule has 2 aromatic rings. The highest BCUT2D eigenvalue weighted by atomic mass is 32.2. The zero-order valence-corrected chi connectivity index (χ0v) is 12.6. The number of carbonyl (C=O) groups is 1. The van der Waals surface area contributed by atoms with Gasteiger partial charge in [-0.3, -0.25) is 9.35 Å². The van der Waals surface area contributed by atoms with Crippen LogP contribution in [-0.2, 0) is 14.9 Å². The van der Waals surface area contributed by atoms with Crippen molar-refractivity contribution in [3.63, 3.8) is 0 Å². The van der Waals surface area contributed by atoms with Crippen molar-refractivity contribution in [2.45, 2.75) is 6.92 Å². The highest BCUT2D eigenvalue weighted by molar-refractivity contribution is 8.02. The average molecular weight is 318 g/mol. The van der Waals surface area contributed by atoms with E-state index in [9.17, 15) is 18.3 Å². The molecule has 22 heavy (non-hydrogen) atoms. The zero-order valence-electron chi connectivity index (χ0n) is 11.8. The van der Waals surface area contributed by atoms with E-state index in [1.54, 1.807) is 18.2 Å². The Labute approximate surface area is 128 Å². The second-order valence-corrected chi connectivity index (χ2v) is 6.00. The van der Waals surface area contributed by atoms with E-state index in [4.69, 9.17) is 4.55 Å². The highest BCUT2D eigenvalue weighted by Crippen LogP contribution is 2.31. The van der Waals surface area contributed by atoms with E-state index in [0.717, 1.165) is 10.8 Å². The first-order valence-corrected chi connectivity index (χ1v) is 7.77. The molecule has 2 rings (SSSR count). The average Bonchev–Trinajstić information content (AvgIpc) is 2.45. The summed E-state index contributed by atoms with van der Waals surface area (Å²) in [6, 6.07) is 10.5. The van der Waals surface area contributed by atoms with Crippen LogP contribution in [0, 0.1) is 0 Å². The van der Waals surface area contributed by atoms with Gasteiger partial charge in [0.25, 0.3) is 0 Å². The van der Waals surface area contributed by atoms with Crippen molar-refractivity contribution in [3.05, 3.63) is 59.9 Å². The Morgan fingerprint density at radius 3 is 2.36 bits per heavy atom. The summed E-state index contributed by atoms with van der Waals surface area (Å²) in [7, 11) is -4.96. The van der Waals surface area contributed by atoms with Crippen molar-refractivity contribution in [2.24, 2.45) is 0 Å². The second kappa shape index (κ2) is 5.75. The SMILES string of the molecule is C=Cc1c(/C(C(=O)S(=O)(=O)O)=C(/C)O)ccc2ccccc12. The molecule has 0 amide bonds. The fourth-order valence-electron chi connectivity index (χ4n) is 2.32. The van der Waals surface area contributed by atoms with Crippen LogP contribution in [0.3, 0.4) is 0 Å². The summed E-state index contributed by atoms with van der Waals surface area (Å²) in [6.45, 7) is 4.86. The molecule has 2 aromatic carbocycles. The topological polar surface area (TPSA) is 91.7 Å². The smallest absolute Gasteiger partial charge is 0.333 e. The van der Waals surface area contributed by atoms with Gasteiger partial charge >= 0.3 is 15.2 Å². The van der Waals surface area contributed by atoms with Crippen molar-refractivity contribution in [1.82, 2.24) is 0 Å². The lowest BCUT2D eigenvalue weighted by molar-refractivity contribution is -0.107. The third-order valence-electron chi connectivity index (χ3n) is 3.24. The normalized spacial score (nSPS) is 12.8. The molecule has 0 saturated heterocycles. The quantitative estimate of drug-likeness (QED) is 0.515. The van der Waals surface area contributed by atoms with Gasteiger partial charge in [0.15, 0.2) is 0 Å². The van der Waals surface area contributed by atoms with E-state index in [1.807, 2.05) is 12.1 Å². The first-order chi connectivity index (χ1) is 10.3. The predicted molar refractivity (Wildman–Crippen MR) is 85.8 cm³/mol. The first-order valence-electron chi connectivity index (χ1n) is 6.33. The first kappa shape index (κ1) is 15.9. The Hall–Kier alpha value is -2.44. The molecule has 2 N–H and O–H groups in total. The third-order valence-corrected chi connectivity index (χ3v) is 3.92. The molecular formula is C16H14O5S. The van der Waals surface area contributed by atoms with Crippen LogP contribution in [0.2, 0.25) is 0 Å². The van der Waals surface area contributed by atoms with Crippen molar-refractivity contribution in [1.29, 1.82) is 0 Å². The molecule has 0 fully saturated rings. The van der Waals surface area contributed by atoms with Gasteiger partial charge in [0.05, 0.1) is 5.57 Å². The lowest BCUT2D eigenvalue weighted by atomic mass is 9.94. The lowest BCUT2D eigenvalue weighted by Gasteiger charge is -2.12. The Morgan fingerprint density at radius 2 is 1.82 bits per heavy atom. The molecule has 0 aliphatic rings. The molecule has 0 radical (unpaired) electrons. The van der Waals surface area contributed by atoms with Gasteiger partial charge < -0.3 is 5.11 Å². The van der Waals surface area contributed by atoms with Crippen LogP contribution in [0.4, 0.5) is 0 Å². The number of hydrogen-bond acceptors (Lipinski definition) is 4. The number of benzene rings is 2. The maximum atomic E-state index is 11.9. The molecule has 6 heteroatoms.